The molecule has 1 aromatic heterocycles. The molecular weight excluding hydrogens is 262 g/mol. The quantitative estimate of drug-likeness (QED) is 0.861. The average molecular weight is 279 g/mol. The summed E-state index contributed by atoms with van der Waals surface area (Å²) in [6.45, 7) is 2.03. The highest BCUT2D eigenvalue weighted by molar-refractivity contribution is 7.91. The van der Waals surface area contributed by atoms with E-state index in [1.54, 1.807) is 0 Å². The predicted molar refractivity (Wildman–Crippen MR) is 75.8 cm³/mol. The van der Waals surface area contributed by atoms with Crippen LogP contribution in [0.25, 0.3) is 11.0 Å². The van der Waals surface area contributed by atoms with Crippen molar-refractivity contribution >= 4 is 26.8 Å². The van der Waals surface area contributed by atoms with Crippen LogP contribution >= 0.6 is 0 Å². The number of benzene rings is 1. The predicted octanol–water partition coefficient (Wildman–Crippen LogP) is 1.68. The molecule has 102 valence electrons. The Morgan fingerprint density at radius 1 is 1.32 bits per heavy atom. The van der Waals surface area contributed by atoms with Crippen LogP contribution in [0.1, 0.15) is 24.4 Å². The Morgan fingerprint density at radius 3 is 2.68 bits per heavy atom. The van der Waals surface area contributed by atoms with Crippen LogP contribution in [-0.4, -0.2) is 29.5 Å². The molecule has 1 aliphatic rings. The molecule has 19 heavy (non-hydrogen) atoms. The van der Waals surface area contributed by atoms with Gasteiger partial charge in [0.1, 0.15) is 9.84 Å². The van der Waals surface area contributed by atoms with Gasteiger partial charge < -0.3 is 10.3 Å². The van der Waals surface area contributed by atoms with Crippen LogP contribution in [0.4, 0.5) is 5.95 Å². The second-order valence-electron chi connectivity index (χ2n) is 5.17. The number of aryl methyl sites for hydroxylation is 1. The molecule has 1 aliphatic heterocycles. The molecule has 0 saturated carbocycles. The lowest BCUT2D eigenvalue weighted by molar-refractivity contribution is 0.463. The first kappa shape index (κ1) is 12.5. The number of sulfone groups is 1. The number of nitrogen functional groups attached to an aromatic ring is 1. The van der Waals surface area contributed by atoms with Crippen LogP contribution in [0.3, 0.4) is 0 Å². The van der Waals surface area contributed by atoms with E-state index < -0.39 is 9.84 Å². The van der Waals surface area contributed by atoms with Crippen molar-refractivity contribution in [3.05, 3.63) is 23.8 Å². The summed E-state index contributed by atoms with van der Waals surface area (Å²) in [5.41, 5.74) is 9.06. The summed E-state index contributed by atoms with van der Waals surface area (Å²) in [6, 6.07) is 6.06. The molecule has 5 nitrogen and oxygen atoms in total. The number of imidazole rings is 1. The Hall–Kier alpha value is -1.56. The van der Waals surface area contributed by atoms with Crippen LogP contribution in [0.15, 0.2) is 18.2 Å². The molecule has 1 aromatic carbocycles. The van der Waals surface area contributed by atoms with Gasteiger partial charge in [0.05, 0.1) is 22.5 Å². The monoisotopic (exact) mass is 279 g/mol. The number of para-hydroxylation sites is 1. The molecule has 6 heteroatoms. The molecule has 0 aliphatic carbocycles. The summed E-state index contributed by atoms with van der Waals surface area (Å²) in [7, 11) is -2.86. The second-order valence-corrected chi connectivity index (χ2v) is 7.47. The van der Waals surface area contributed by atoms with Crippen LogP contribution < -0.4 is 5.73 Å². The summed E-state index contributed by atoms with van der Waals surface area (Å²) < 4.78 is 25.1. The molecule has 0 bridgehead atoms. The first-order valence-electron chi connectivity index (χ1n) is 6.41. The Kier molecular flexibility index (Phi) is 2.78. The molecular formula is C13H17N3O2S. The van der Waals surface area contributed by atoms with Crippen LogP contribution in [-0.2, 0) is 9.84 Å². The number of hydrogen-bond acceptors (Lipinski definition) is 4. The van der Waals surface area contributed by atoms with Crippen LogP contribution in [0, 0.1) is 6.92 Å². The average Bonchev–Trinajstić information content (AvgIpc) is 2.67. The van der Waals surface area contributed by atoms with Crippen molar-refractivity contribution in [2.24, 2.45) is 0 Å². The lowest BCUT2D eigenvalue weighted by atomic mass is 10.1. The number of rotatable bonds is 1. The normalized spacial score (nSPS) is 19.8. The molecule has 0 amide bonds. The third-order valence-corrected chi connectivity index (χ3v) is 5.54. The lowest BCUT2D eigenvalue weighted by Gasteiger charge is -2.25. The van der Waals surface area contributed by atoms with Gasteiger partial charge in [-0.05, 0) is 31.4 Å². The number of nitrogens with zero attached hydrogens (tertiary/aromatic N) is 2. The molecule has 3 rings (SSSR count). The van der Waals surface area contributed by atoms with E-state index in [-0.39, 0.29) is 17.5 Å². The third kappa shape index (κ3) is 2.10. The zero-order chi connectivity index (χ0) is 13.6. The first-order chi connectivity index (χ1) is 8.98. The van der Waals surface area contributed by atoms with Crippen LogP contribution in [0.5, 0.6) is 0 Å². The molecule has 0 spiro atoms. The maximum Gasteiger partial charge on any atom is 0.201 e. The number of anilines is 1. The van der Waals surface area contributed by atoms with Gasteiger partial charge in [0.25, 0.3) is 0 Å². The van der Waals surface area contributed by atoms with Crippen molar-refractivity contribution in [2.45, 2.75) is 25.8 Å². The van der Waals surface area contributed by atoms with E-state index >= 15 is 0 Å². The summed E-state index contributed by atoms with van der Waals surface area (Å²) in [4.78, 5) is 4.38. The minimum atomic E-state index is -2.86. The van der Waals surface area contributed by atoms with Crippen LogP contribution in [0.2, 0.25) is 0 Å². The van der Waals surface area contributed by atoms with Crippen molar-refractivity contribution in [1.29, 1.82) is 0 Å². The van der Waals surface area contributed by atoms with Gasteiger partial charge in [-0.1, -0.05) is 12.1 Å². The summed E-state index contributed by atoms with van der Waals surface area (Å²) in [5.74, 6) is 0.958. The van der Waals surface area contributed by atoms with Gasteiger partial charge in [-0.3, -0.25) is 0 Å². The fourth-order valence-electron chi connectivity index (χ4n) is 2.84. The maximum atomic E-state index is 11.5. The molecule has 2 heterocycles. The Bertz CT molecular complexity index is 720. The largest absolute Gasteiger partial charge is 0.369 e. The van der Waals surface area contributed by atoms with E-state index in [0.717, 1.165) is 16.6 Å². The molecule has 2 N–H and O–H groups in total. The van der Waals surface area contributed by atoms with Crippen molar-refractivity contribution in [1.82, 2.24) is 9.55 Å². The Labute approximate surface area is 112 Å². The third-order valence-electron chi connectivity index (χ3n) is 3.83. The molecule has 0 unspecified atom stereocenters. The van der Waals surface area contributed by atoms with Crippen molar-refractivity contribution < 1.29 is 8.42 Å². The maximum absolute atomic E-state index is 11.5. The Balaban J connectivity index is 2.08. The second kappa shape index (κ2) is 4.23. The van der Waals surface area contributed by atoms with E-state index in [0.29, 0.717) is 18.8 Å². The zero-order valence-electron chi connectivity index (χ0n) is 10.8. The van der Waals surface area contributed by atoms with Gasteiger partial charge in [0.2, 0.25) is 5.95 Å². The fourth-order valence-corrected chi connectivity index (χ4v) is 4.31. The molecule has 0 atom stereocenters. The number of hydrogen-bond donors (Lipinski definition) is 1. The van der Waals surface area contributed by atoms with Gasteiger partial charge in [0.15, 0.2) is 0 Å². The summed E-state index contributed by atoms with van der Waals surface area (Å²) in [5, 5.41) is 0. The van der Waals surface area contributed by atoms with Gasteiger partial charge in [-0.25, -0.2) is 13.4 Å². The topological polar surface area (TPSA) is 78.0 Å². The van der Waals surface area contributed by atoms with Crippen molar-refractivity contribution in [3.63, 3.8) is 0 Å². The fraction of sp³-hybridized carbons (Fsp3) is 0.462. The van der Waals surface area contributed by atoms with Crippen molar-refractivity contribution in [2.75, 3.05) is 17.2 Å². The molecule has 1 saturated heterocycles. The van der Waals surface area contributed by atoms with Crippen molar-refractivity contribution in [3.8, 4) is 0 Å². The van der Waals surface area contributed by atoms with E-state index in [4.69, 9.17) is 5.73 Å². The number of fused-ring (bicyclic) bond motifs is 1. The van der Waals surface area contributed by atoms with E-state index in [1.165, 1.54) is 0 Å². The lowest BCUT2D eigenvalue weighted by Crippen LogP contribution is -2.26. The van der Waals surface area contributed by atoms with Gasteiger partial charge in [-0.2, -0.15) is 0 Å². The van der Waals surface area contributed by atoms with Gasteiger partial charge >= 0.3 is 0 Å². The van der Waals surface area contributed by atoms with E-state index in [2.05, 4.69) is 4.98 Å². The molecule has 2 aromatic rings. The number of aromatic nitrogens is 2. The SMILES string of the molecule is Cc1cccc2nc(N)n(C3CCS(=O)(=O)CC3)c12. The minimum absolute atomic E-state index is 0.134. The molecule has 1 fully saturated rings. The minimum Gasteiger partial charge on any atom is -0.369 e. The number of nitrogens with two attached hydrogens (primary N) is 1. The highest BCUT2D eigenvalue weighted by atomic mass is 32.2. The van der Waals surface area contributed by atoms with E-state index in [9.17, 15) is 8.42 Å². The highest BCUT2D eigenvalue weighted by Gasteiger charge is 2.27. The highest BCUT2D eigenvalue weighted by Crippen LogP contribution is 2.31. The smallest absolute Gasteiger partial charge is 0.201 e. The first-order valence-corrected chi connectivity index (χ1v) is 8.23. The zero-order valence-corrected chi connectivity index (χ0v) is 11.7. The van der Waals surface area contributed by atoms with Gasteiger partial charge in [-0.15, -0.1) is 0 Å². The van der Waals surface area contributed by atoms with E-state index in [1.807, 2.05) is 29.7 Å². The molecule has 0 radical (unpaired) electrons. The standard InChI is InChI=1S/C13H17N3O2S/c1-9-3-2-4-11-12(9)16(13(14)15-11)10-5-7-19(17,18)8-6-10/h2-4,10H,5-8H2,1H3,(H2,14,15). The Morgan fingerprint density at radius 2 is 2.00 bits per heavy atom. The summed E-state index contributed by atoms with van der Waals surface area (Å²) in [6.07, 6.45) is 1.23. The van der Waals surface area contributed by atoms with Gasteiger partial charge in [0, 0.05) is 6.04 Å². The summed E-state index contributed by atoms with van der Waals surface area (Å²) >= 11 is 0.